The minimum atomic E-state index is -0.477. The number of methoxy groups -OCH3 is 3. The molecule has 1 heterocycles. The molecule has 1 aromatic heterocycles. The van der Waals surface area contributed by atoms with Gasteiger partial charge in [0.05, 0.1) is 27.0 Å². The van der Waals surface area contributed by atoms with Crippen molar-refractivity contribution >= 4 is 39.7 Å². The van der Waals surface area contributed by atoms with Crippen LogP contribution < -0.4 is 24.8 Å². The van der Waals surface area contributed by atoms with Gasteiger partial charge in [0.15, 0.2) is 33.3 Å². The predicted molar refractivity (Wildman–Crippen MR) is 117 cm³/mol. The van der Waals surface area contributed by atoms with Crippen LogP contribution in [0.1, 0.15) is 10.4 Å². The number of carbonyl (C=O) groups is 1. The highest BCUT2D eigenvalue weighted by molar-refractivity contribution is 7.80. The van der Waals surface area contributed by atoms with Crippen LogP contribution in [0.2, 0.25) is 0 Å². The van der Waals surface area contributed by atoms with Crippen LogP contribution >= 0.6 is 23.6 Å². The smallest absolute Gasteiger partial charge is 0.257 e. The molecule has 7 nitrogen and oxygen atoms in total. The molecule has 0 fully saturated rings. The third kappa shape index (κ3) is 4.84. The van der Waals surface area contributed by atoms with Crippen molar-refractivity contribution in [2.24, 2.45) is 0 Å². The second-order valence-electron chi connectivity index (χ2n) is 5.87. The number of thiocarbonyl (C=S) groups is 1. The van der Waals surface area contributed by atoms with E-state index in [-0.39, 0.29) is 10.9 Å². The number of hydrogen-bond donors (Lipinski definition) is 2. The van der Waals surface area contributed by atoms with Gasteiger partial charge in [0.25, 0.3) is 5.91 Å². The molecule has 0 radical (unpaired) electrons. The van der Waals surface area contributed by atoms with E-state index in [1.165, 1.54) is 44.8 Å². The molecule has 0 aliphatic heterocycles. The minimum absolute atomic E-state index is 0.0802. The summed E-state index contributed by atoms with van der Waals surface area (Å²) < 4.78 is 29.2. The highest BCUT2D eigenvalue weighted by Crippen LogP contribution is 2.29. The van der Waals surface area contributed by atoms with Gasteiger partial charge in [-0.15, -0.1) is 11.3 Å². The first kappa shape index (κ1) is 21.5. The molecule has 3 aromatic rings. The summed E-state index contributed by atoms with van der Waals surface area (Å²) in [5.41, 5.74) is 1.52. The van der Waals surface area contributed by atoms with Gasteiger partial charge in [0.2, 0.25) is 0 Å². The number of rotatable bonds is 6. The molecule has 0 atom stereocenters. The Balaban J connectivity index is 1.66. The minimum Gasteiger partial charge on any atom is -0.494 e. The zero-order valence-corrected chi connectivity index (χ0v) is 17.9. The summed E-state index contributed by atoms with van der Waals surface area (Å²) >= 11 is 6.46. The average Bonchev–Trinajstić information content (AvgIpc) is 3.21. The van der Waals surface area contributed by atoms with Crippen LogP contribution in [0.25, 0.3) is 11.3 Å². The monoisotopic (exact) mass is 447 g/mol. The van der Waals surface area contributed by atoms with E-state index in [0.717, 1.165) is 0 Å². The van der Waals surface area contributed by atoms with Crippen LogP contribution in [0, 0.1) is 5.82 Å². The normalized spacial score (nSPS) is 10.3. The van der Waals surface area contributed by atoms with Gasteiger partial charge in [-0.2, -0.15) is 0 Å². The lowest BCUT2D eigenvalue weighted by Gasteiger charge is -2.10. The summed E-state index contributed by atoms with van der Waals surface area (Å²) in [6, 6.07) is 9.36. The van der Waals surface area contributed by atoms with Gasteiger partial charge in [-0.1, -0.05) is 0 Å². The second-order valence-corrected chi connectivity index (χ2v) is 7.13. The molecule has 0 saturated heterocycles. The zero-order chi connectivity index (χ0) is 21.7. The molecular weight excluding hydrogens is 429 g/mol. The van der Waals surface area contributed by atoms with Gasteiger partial charge in [-0.05, 0) is 48.6 Å². The number of hydrogen-bond acceptors (Lipinski definition) is 7. The van der Waals surface area contributed by atoms with Crippen molar-refractivity contribution < 1.29 is 23.4 Å². The number of nitrogens with zero attached hydrogens (tertiary/aromatic N) is 1. The van der Waals surface area contributed by atoms with Crippen LogP contribution in [0.4, 0.5) is 9.52 Å². The summed E-state index contributed by atoms with van der Waals surface area (Å²) in [5.74, 6) is 0.212. The zero-order valence-electron chi connectivity index (χ0n) is 16.3. The molecule has 2 aromatic carbocycles. The molecule has 1 amide bonds. The van der Waals surface area contributed by atoms with E-state index in [4.69, 9.17) is 26.4 Å². The van der Waals surface area contributed by atoms with Gasteiger partial charge in [0, 0.05) is 16.5 Å². The van der Waals surface area contributed by atoms with E-state index < -0.39 is 11.7 Å². The van der Waals surface area contributed by atoms with Gasteiger partial charge in [-0.25, -0.2) is 9.37 Å². The second kappa shape index (κ2) is 9.51. The Kier molecular flexibility index (Phi) is 6.80. The Morgan fingerprint density at radius 1 is 1.03 bits per heavy atom. The lowest BCUT2D eigenvalue weighted by atomic mass is 10.1. The molecule has 156 valence electrons. The summed E-state index contributed by atoms with van der Waals surface area (Å²) in [7, 11) is 4.40. The topological polar surface area (TPSA) is 81.7 Å². The number of benzene rings is 2. The summed E-state index contributed by atoms with van der Waals surface area (Å²) in [6.45, 7) is 0. The Morgan fingerprint density at radius 3 is 2.40 bits per heavy atom. The fraction of sp³-hybridized carbons (Fsp3) is 0.150. The van der Waals surface area contributed by atoms with E-state index in [9.17, 15) is 9.18 Å². The first-order valence-electron chi connectivity index (χ1n) is 8.59. The molecule has 10 heteroatoms. The van der Waals surface area contributed by atoms with Crippen molar-refractivity contribution in [3.8, 4) is 28.5 Å². The van der Waals surface area contributed by atoms with Gasteiger partial charge in [0.1, 0.15) is 0 Å². The number of amides is 1. The number of aromatic nitrogens is 1. The molecule has 0 unspecified atom stereocenters. The van der Waals surface area contributed by atoms with Crippen molar-refractivity contribution in [2.75, 3.05) is 26.6 Å². The van der Waals surface area contributed by atoms with Gasteiger partial charge >= 0.3 is 0 Å². The number of carbonyl (C=O) groups excluding carboxylic acids is 1. The Morgan fingerprint density at radius 2 is 1.73 bits per heavy atom. The van der Waals surface area contributed by atoms with Crippen LogP contribution in [0.3, 0.4) is 0 Å². The molecule has 2 N–H and O–H groups in total. The Hall–Kier alpha value is -3.24. The molecule has 0 bridgehead atoms. The highest BCUT2D eigenvalue weighted by atomic mass is 32.1. The van der Waals surface area contributed by atoms with E-state index in [2.05, 4.69) is 15.6 Å². The molecule has 0 saturated carbocycles. The maximum absolute atomic E-state index is 13.9. The van der Waals surface area contributed by atoms with E-state index in [1.807, 2.05) is 0 Å². The molecule has 0 spiro atoms. The molecule has 3 rings (SSSR count). The number of anilines is 1. The average molecular weight is 448 g/mol. The standard InChI is InChI=1S/C20H18FN3O4S2/c1-26-15-6-4-11(8-13(15)21)14-10-30-20(22-14)24-19(29)23-18(25)12-5-7-16(27-2)17(9-12)28-3/h4-10H,1-3H3,(H2,22,23,24,25,29). The third-order valence-electron chi connectivity index (χ3n) is 4.04. The number of halogens is 1. The Bertz CT molecular complexity index is 1090. The third-order valence-corrected chi connectivity index (χ3v) is 5.01. The first-order chi connectivity index (χ1) is 14.4. The fourth-order valence-electron chi connectivity index (χ4n) is 2.57. The summed E-state index contributed by atoms with van der Waals surface area (Å²) in [4.78, 5) is 16.8. The lowest BCUT2D eigenvalue weighted by molar-refractivity contribution is 0.0977. The first-order valence-corrected chi connectivity index (χ1v) is 9.87. The van der Waals surface area contributed by atoms with Gasteiger partial charge in [-0.3, -0.25) is 10.1 Å². The van der Waals surface area contributed by atoms with E-state index >= 15 is 0 Å². The quantitative estimate of drug-likeness (QED) is 0.551. The lowest BCUT2D eigenvalue weighted by Crippen LogP contribution is -2.34. The van der Waals surface area contributed by atoms with E-state index in [0.29, 0.717) is 33.5 Å². The largest absolute Gasteiger partial charge is 0.494 e. The number of nitrogens with one attached hydrogen (secondary N) is 2. The molecular formula is C20H18FN3O4S2. The van der Waals surface area contributed by atoms with Crippen LogP contribution in [-0.2, 0) is 0 Å². The fourth-order valence-corrected chi connectivity index (χ4v) is 3.55. The highest BCUT2D eigenvalue weighted by Gasteiger charge is 2.14. The van der Waals surface area contributed by atoms with Crippen molar-refractivity contribution in [1.82, 2.24) is 10.3 Å². The molecule has 30 heavy (non-hydrogen) atoms. The predicted octanol–water partition coefficient (Wildman–Crippen LogP) is 4.10. The summed E-state index contributed by atoms with van der Waals surface area (Å²) in [6.07, 6.45) is 0. The van der Waals surface area contributed by atoms with Crippen LogP contribution in [0.15, 0.2) is 41.8 Å². The summed E-state index contributed by atoms with van der Waals surface area (Å²) in [5, 5.41) is 7.73. The number of thiazole rings is 1. The molecule has 0 aliphatic rings. The van der Waals surface area contributed by atoms with Crippen LogP contribution in [-0.4, -0.2) is 37.3 Å². The van der Waals surface area contributed by atoms with Crippen molar-refractivity contribution in [2.45, 2.75) is 0 Å². The Labute approximate surface area is 181 Å². The molecule has 0 aliphatic carbocycles. The van der Waals surface area contributed by atoms with Crippen molar-refractivity contribution in [1.29, 1.82) is 0 Å². The van der Waals surface area contributed by atoms with Gasteiger partial charge < -0.3 is 19.5 Å². The maximum Gasteiger partial charge on any atom is 0.257 e. The van der Waals surface area contributed by atoms with Crippen LogP contribution in [0.5, 0.6) is 17.2 Å². The van der Waals surface area contributed by atoms with Crippen molar-refractivity contribution in [3.63, 3.8) is 0 Å². The van der Waals surface area contributed by atoms with E-state index in [1.54, 1.807) is 29.6 Å². The number of ether oxygens (including phenoxy) is 3. The maximum atomic E-state index is 13.9. The SMILES string of the molecule is COc1ccc(-c2csc(NC(=S)NC(=O)c3ccc(OC)c(OC)c3)n2)cc1F. The van der Waals surface area contributed by atoms with Crippen molar-refractivity contribution in [3.05, 3.63) is 53.2 Å².